The van der Waals surface area contributed by atoms with Gasteiger partial charge >= 0.3 is 0 Å². The van der Waals surface area contributed by atoms with E-state index >= 15 is 0 Å². The summed E-state index contributed by atoms with van der Waals surface area (Å²) in [4.78, 5) is 4.49. The number of thioether (sulfide) groups is 1. The topological polar surface area (TPSA) is 79.0 Å². The Labute approximate surface area is 122 Å². The van der Waals surface area contributed by atoms with Crippen molar-refractivity contribution >= 4 is 21.8 Å². The first-order valence-electron chi connectivity index (χ1n) is 5.93. The number of H-pyrrole nitrogens is 1. The third-order valence-corrected chi connectivity index (χ3v) is 5.35. The summed E-state index contributed by atoms with van der Waals surface area (Å²) in [6.07, 6.45) is 0. The van der Waals surface area contributed by atoms with E-state index in [4.69, 9.17) is 0 Å². The zero-order valence-corrected chi connectivity index (χ0v) is 13.1. The molecule has 0 saturated heterocycles. The van der Waals surface area contributed by atoms with Crippen LogP contribution in [-0.4, -0.2) is 42.0 Å². The molecule has 0 fully saturated rings. The summed E-state index contributed by atoms with van der Waals surface area (Å²) < 4.78 is 25.3. The van der Waals surface area contributed by atoms with Crippen molar-refractivity contribution in [3.63, 3.8) is 0 Å². The second-order valence-corrected chi connectivity index (χ2v) is 7.52. The molecule has 0 amide bonds. The van der Waals surface area contributed by atoms with Gasteiger partial charge in [0.1, 0.15) is 5.82 Å². The molecule has 0 unspecified atom stereocenters. The van der Waals surface area contributed by atoms with Crippen LogP contribution in [0, 0.1) is 6.92 Å². The molecule has 0 bridgehead atoms. The molecular weight excluding hydrogens is 296 g/mol. The van der Waals surface area contributed by atoms with Gasteiger partial charge in [0, 0.05) is 19.8 Å². The van der Waals surface area contributed by atoms with Crippen LogP contribution in [0.3, 0.4) is 0 Å². The highest BCUT2D eigenvalue weighted by Crippen LogP contribution is 2.21. The Bertz CT molecular complexity index is 695. The van der Waals surface area contributed by atoms with Crippen molar-refractivity contribution in [2.45, 2.75) is 22.7 Å². The molecule has 0 aliphatic rings. The molecule has 20 heavy (non-hydrogen) atoms. The van der Waals surface area contributed by atoms with E-state index in [1.807, 2.05) is 13.0 Å². The van der Waals surface area contributed by atoms with E-state index in [1.54, 1.807) is 18.2 Å². The maximum Gasteiger partial charge on any atom is 0.242 e. The number of nitrogens with zero attached hydrogens (tertiary/aromatic N) is 3. The maximum absolute atomic E-state index is 12.1. The van der Waals surface area contributed by atoms with Gasteiger partial charge in [-0.05, 0) is 24.6 Å². The highest BCUT2D eigenvalue weighted by atomic mass is 32.2. The summed E-state index contributed by atoms with van der Waals surface area (Å²) in [7, 11) is -0.350. The number of hydrogen-bond donors (Lipinski definition) is 1. The Hall–Kier alpha value is -1.38. The van der Waals surface area contributed by atoms with E-state index in [0.29, 0.717) is 15.8 Å². The first-order chi connectivity index (χ1) is 9.39. The zero-order chi connectivity index (χ0) is 14.8. The first-order valence-corrected chi connectivity index (χ1v) is 8.35. The number of hydrogen-bond acceptors (Lipinski definition) is 5. The van der Waals surface area contributed by atoms with Crippen molar-refractivity contribution in [2.75, 3.05) is 14.1 Å². The van der Waals surface area contributed by atoms with E-state index in [-0.39, 0.29) is 0 Å². The predicted molar refractivity (Wildman–Crippen MR) is 78.0 cm³/mol. The first kappa shape index (κ1) is 15.0. The molecule has 0 aliphatic carbocycles. The van der Waals surface area contributed by atoms with E-state index in [0.717, 1.165) is 11.4 Å². The molecule has 0 atom stereocenters. The monoisotopic (exact) mass is 312 g/mol. The molecule has 8 heteroatoms. The molecule has 0 saturated carbocycles. The third-order valence-electron chi connectivity index (χ3n) is 2.62. The molecule has 0 spiro atoms. The van der Waals surface area contributed by atoms with Crippen LogP contribution in [0.1, 0.15) is 11.4 Å². The second kappa shape index (κ2) is 5.94. The normalized spacial score (nSPS) is 12.0. The number of rotatable bonds is 5. The number of aryl methyl sites for hydroxylation is 1. The second-order valence-electron chi connectivity index (χ2n) is 4.43. The summed E-state index contributed by atoms with van der Waals surface area (Å²) in [6, 6.07) is 6.92. The number of benzene rings is 1. The highest BCUT2D eigenvalue weighted by molar-refractivity contribution is 7.98. The minimum absolute atomic E-state index is 0.298. The van der Waals surface area contributed by atoms with Crippen LogP contribution in [0.15, 0.2) is 34.3 Å². The Kier molecular flexibility index (Phi) is 4.46. The van der Waals surface area contributed by atoms with Crippen LogP contribution >= 0.6 is 11.8 Å². The number of sulfonamides is 1. The zero-order valence-electron chi connectivity index (χ0n) is 11.5. The van der Waals surface area contributed by atoms with Gasteiger partial charge in [0.25, 0.3) is 0 Å². The smallest absolute Gasteiger partial charge is 0.242 e. The predicted octanol–water partition coefficient (Wildman–Crippen LogP) is 1.66. The van der Waals surface area contributed by atoms with Crippen LogP contribution < -0.4 is 0 Å². The summed E-state index contributed by atoms with van der Waals surface area (Å²) in [5.41, 5.74) is 0.917. The van der Waals surface area contributed by atoms with Gasteiger partial charge in [-0.2, -0.15) is 0 Å². The van der Waals surface area contributed by atoms with E-state index < -0.39 is 10.0 Å². The lowest BCUT2D eigenvalue weighted by atomic mass is 10.2. The molecule has 1 heterocycles. The molecule has 0 aliphatic heterocycles. The van der Waals surface area contributed by atoms with Crippen molar-refractivity contribution in [3.8, 4) is 0 Å². The Morgan fingerprint density at radius 3 is 2.70 bits per heavy atom. The fraction of sp³-hybridized carbons (Fsp3) is 0.333. The highest BCUT2D eigenvalue weighted by Gasteiger charge is 2.17. The van der Waals surface area contributed by atoms with Gasteiger partial charge in [-0.15, -0.1) is 5.10 Å². The Balaban J connectivity index is 2.14. The molecular formula is C12H16N4O2S2. The molecule has 2 rings (SSSR count). The largest absolute Gasteiger partial charge is 0.262 e. The maximum atomic E-state index is 12.1. The van der Waals surface area contributed by atoms with E-state index in [1.165, 1.54) is 30.2 Å². The number of aromatic nitrogens is 3. The van der Waals surface area contributed by atoms with Crippen molar-refractivity contribution in [2.24, 2.45) is 0 Å². The van der Waals surface area contributed by atoms with Gasteiger partial charge < -0.3 is 0 Å². The van der Waals surface area contributed by atoms with Crippen molar-refractivity contribution in [1.82, 2.24) is 19.5 Å². The van der Waals surface area contributed by atoms with Gasteiger partial charge in [-0.1, -0.05) is 23.9 Å². The standard InChI is InChI=1S/C12H16N4O2S2/c1-9-13-12(15-14-9)19-8-10-5-4-6-11(7-10)20(17,18)16(2)3/h4-7H,8H2,1-3H3,(H,13,14,15). The van der Waals surface area contributed by atoms with Crippen LogP contribution in [0.2, 0.25) is 0 Å². The van der Waals surface area contributed by atoms with Gasteiger partial charge in [0.15, 0.2) is 0 Å². The summed E-state index contributed by atoms with van der Waals surface area (Å²) in [5, 5.41) is 7.46. The summed E-state index contributed by atoms with van der Waals surface area (Å²) >= 11 is 1.46. The minimum atomic E-state index is -3.39. The van der Waals surface area contributed by atoms with Crippen molar-refractivity contribution in [1.29, 1.82) is 0 Å². The van der Waals surface area contributed by atoms with Crippen molar-refractivity contribution in [3.05, 3.63) is 35.7 Å². The average Bonchev–Trinajstić information content (AvgIpc) is 2.82. The Morgan fingerprint density at radius 2 is 2.10 bits per heavy atom. The van der Waals surface area contributed by atoms with Crippen LogP contribution in [0.25, 0.3) is 0 Å². The lowest BCUT2D eigenvalue weighted by Crippen LogP contribution is -2.22. The Morgan fingerprint density at radius 1 is 1.35 bits per heavy atom. The SMILES string of the molecule is Cc1nc(SCc2cccc(S(=O)(=O)N(C)C)c2)n[nH]1. The molecule has 1 N–H and O–H groups in total. The molecule has 1 aromatic heterocycles. The molecule has 108 valence electrons. The van der Waals surface area contributed by atoms with Gasteiger partial charge in [0.2, 0.25) is 15.2 Å². The van der Waals surface area contributed by atoms with Gasteiger partial charge in [-0.25, -0.2) is 17.7 Å². The summed E-state index contributed by atoms with van der Waals surface area (Å²) in [6.45, 7) is 1.83. The lowest BCUT2D eigenvalue weighted by molar-refractivity contribution is 0.520. The fourth-order valence-corrected chi connectivity index (χ4v) is 3.30. The summed E-state index contributed by atoms with van der Waals surface area (Å²) in [5.74, 6) is 1.38. The molecule has 0 radical (unpaired) electrons. The quantitative estimate of drug-likeness (QED) is 0.849. The molecule has 2 aromatic rings. The molecule has 1 aromatic carbocycles. The van der Waals surface area contributed by atoms with E-state index in [2.05, 4.69) is 15.2 Å². The van der Waals surface area contributed by atoms with E-state index in [9.17, 15) is 8.42 Å². The fourth-order valence-electron chi connectivity index (χ4n) is 1.54. The van der Waals surface area contributed by atoms with Crippen molar-refractivity contribution < 1.29 is 8.42 Å². The van der Waals surface area contributed by atoms with Gasteiger partial charge in [-0.3, -0.25) is 5.10 Å². The number of nitrogens with one attached hydrogen (secondary N) is 1. The number of aromatic amines is 1. The van der Waals surface area contributed by atoms with Crippen LogP contribution in [0.5, 0.6) is 0 Å². The lowest BCUT2D eigenvalue weighted by Gasteiger charge is -2.12. The molecule has 6 nitrogen and oxygen atoms in total. The average molecular weight is 312 g/mol. The third kappa shape index (κ3) is 3.38. The van der Waals surface area contributed by atoms with Crippen LogP contribution in [-0.2, 0) is 15.8 Å². The van der Waals surface area contributed by atoms with Gasteiger partial charge in [0.05, 0.1) is 4.90 Å². The van der Waals surface area contributed by atoms with Crippen LogP contribution in [0.4, 0.5) is 0 Å². The minimum Gasteiger partial charge on any atom is -0.262 e.